The maximum absolute atomic E-state index is 12.8. The molecule has 6 nitrogen and oxygen atoms in total. The first kappa shape index (κ1) is 32.3. The fourth-order valence-corrected chi connectivity index (χ4v) is 4.90. The lowest BCUT2D eigenvalue weighted by Crippen LogP contribution is -2.39. The van der Waals surface area contributed by atoms with Crippen molar-refractivity contribution in [2.24, 2.45) is 5.73 Å². The number of ether oxygens (including phenoxy) is 1. The summed E-state index contributed by atoms with van der Waals surface area (Å²) in [6.45, 7) is 10.8. The molecular weight excluding hydrogens is 508 g/mol. The van der Waals surface area contributed by atoms with Gasteiger partial charge in [0.2, 0.25) is 0 Å². The van der Waals surface area contributed by atoms with E-state index in [4.69, 9.17) is 20.4 Å². The molecule has 6 heteroatoms. The van der Waals surface area contributed by atoms with Crippen LogP contribution in [0.2, 0.25) is 0 Å². The minimum Gasteiger partial charge on any atom is -0.443 e. The van der Waals surface area contributed by atoms with E-state index in [1.165, 1.54) is 37.7 Å². The lowest BCUT2D eigenvalue weighted by atomic mass is 10.00. The molecule has 0 radical (unpaired) electrons. The van der Waals surface area contributed by atoms with Crippen LogP contribution in [0.25, 0.3) is 11.3 Å². The number of rotatable bonds is 15. The summed E-state index contributed by atoms with van der Waals surface area (Å²) in [7, 11) is 0. The van der Waals surface area contributed by atoms with Crippen molar-refractivity contribution >= 4 is 11.8 Å². The topological polar surface area (TPSA) is 81.3 Å². The van der Waals surface area contributed by atoms with Crippen molar-refractivity contribution in [3.63, 3.8) is 0 Å². The van der Waals surface area contributed by atoms with Gasteiger partial charge >= 0.3 is 6.09 Å². The monoisotopic (exact) mass is 558 g/mol. The molecule has 0 bridgehead atoms. The standard InChI is InChI=1S/C35H50N4O2/c1-6-7-8-9-11-15-27(2)33-37-30(19-14-18-28-16-12-10-13-17-28)26-32(38-33)29-20-22-31(23-21-29)39(25-24-36)34(40)41-35(3,4)5/h10,12-13,16-17,20-23,26-27H,6-9,11,14-15,18-19,24-25,36H2,1-5H3. The van der Waals surface area contributed by atoms with Crippen LogP contribution in [0.15, 0.2) is 60.7 Å². The number of hydrogen-bond acceptors (Lipinski definition) is 5. The van der Waals surface area contributed by atoms with E-state index >= 15 is 0 Å². The normalized spacial score (nSPS) is 12.2. The predicted octanol–water partition coefficient (Wildman–Crippen LogP) is 8.48. The second-order valence-electron chi connectivity index (χ2n) is 12.0. The van der Waals surface area contributed by atoms with Gasteiger partial charge in [-0.25, -0.2) is 14.8 Å². The Balaban J connectivity index is 1.82. The molecule has 0 saturated carbocycles. The zero-order valence-corrected chi connectivity index (χ0v) is 25.9. The van der Waals surface area contributed by atoms with Crippen molar-refractivity contribution in [3.05, 3.63) is 77.7 Å². The summed E-state index contributed by atoms with van der Waals surface area (Å²) >= 11 is 0. The molecule has 3 aromatic rings. The molecule has 222 valence electrons. The Bertz CT molecular complexity index is 1190. The SMILES string of the molecule is CCCCCCCC(C)c1nc(CCCc2ccccc2)cc(-c2ccc(N(CCN)C(=O)OC(C)(C)C)cc2)n1. The number of aromatic nitrogens is 2. The molecule has 1 atom stereocenters. The molecule has 0 aliphatic carbocycles. The van der Waals surface area contributed by atoms with Gasteiger partial charge in [0.05, 0.1) is 5.69 Å². The molecule has 2 N–H and O–H groups in total. The van der Waals surface area contributed by atoms with Crippen LogP contribution in [-0.2, 0) is 17.6 Å². The van der Waals surface area contributed by atoms with E-state index in [0.717, 1.165) is 54.1 Å². The van der Waals surface area contributed by atoms with Crippen LogP contribution in [0.3, 0.4) is 0 Å². The highest BCUT2D eigenvalue weighted by molar-refractivity contribution is 5.88. The number of aryl methyl sites for hydroxylation is 2. The van der Waals surface area contributed by atoms with Crippen LogP contribution in [0.5, 0.6) is 0 Å². The van der Waals surface area contributed by atoms with E-state index in [1.807, 2.05) is 45.0 Å². The first-order chi connectivity index (χ1) is 19.7. The first-order valence-corrected chi connectivity index (χ1v) is 15.4. The van der Waals surface area contributed by atoms with E-state index in [9.17, 15) is 4.79 Å². The highest BCUT2D eigenvalue weighted by Crippen LogP contribution is 2.27. The minimum atomic E-state index is -0.579. The molecule has 0 aliphatic rings. The molecule has 3 rings (SSSR count). The third kappa shape index (κ3) is 10.9. The number of amides is 1. The largest absolute Gasteiger partial charge is 0.443 e. The molecule has 41 heavy (non-hydrogen) atoms. The van der Waals surface area contributed by atoms with Crippen molar-refractivity contribution in [1.29, 1.82) is 0 Å². The summed E-state index contributed by atoms with van der Waals surface area (Å²) in [5.41, 5.74) is 10.4. The van der Waals surface area contributed by atoms with Crippen molar-refractivity contribution in [2.45, 2.75) is 104 Å². The van der Waals surface area contributed by atoms with Crippen LogP contribution < -0.4 is 10.6 Å². The second kappa shape index (κ2) is 16.3. The molecule has 1 unspecified atom stereocenters. The van der Waals surface area contributed by atoms with Gasteiger partial charge in [-0.05, 0) is 70.2 Å². The van der Waals surface area contributed by atoms with Crippen molar-refractivity contribution in [2.75, 3.05) is 18.0 Å². The maximum Gasteiger partial charge on any atom is 0.414 e. The number of carbonyl (C=O) groups is 1. The Morgan fingerprint density at radius 3 is 2.29 bits per heavy atom. The fraction of sp³-hybridized carbons (Fsp3) is 0.514. The quantitative estimate of drug-likeness (QED) is 0.189. The van der Waals surface area contributed by atoms with E-state index in [0.29, 0.717) is 19.0 Å². The maximum atomic E-state index is 12.8. The summed E-state index contributed by atoms with van der Waals surface area (Å²) in [6.07, 6.45) is 9.99. The number of benzene rings is 2. The molecule has 0 spiro atoms. The Kier molecular flexibility index (Phi) is 12.8. The van der Waals surface area contributed by atoms with Gasteiger partial charge in [-0.1, -0.05) is 88.4 Å². The fourth-order valence-electron chi connectivity index (χ4n) is 4.90. The minimum absolute atomic E-state index is 0.302. The number of carbonyl (C=O) groups excluding carboxylic acids is 1. The van der Waals surface area contributed by atoms with Crippen LogP contribution in [0.4, 0.5) is 10.5 Å². The molecule has 0 aliphatic heterocycles. The predicted molar refractivity (Wildman–Crippen MR) is 170 cm³/mol. The van der Waals surface area contributed by atoms with E-state index in [2.05, 4.69) is 50.2 Å². The Labute approximate surface area is 247 Å². The third-order valence-electron chi connectivity index (χ3n) is 7.16. The summed E-state index contributed by atoms with van der Waals surface area (Å²) in [4.78, 5) is 24.5. The van der Waals surface area contributed by atoms with E-state index in [-0.39, 0.29) is 0 Å². The van der Waals surface area contributed by atoms with E-state index in [1.54, 1.807) is 4.90 Å². The van der Waals surface area contributed by atoms with Crippen LogP contribution in [-0.4, -0.2) is 34.8 Å². The van der Waals surface area contributed by atoms with Gasteiger partial charge in [0, 0.05) is 36.0 Å². The number of nitrogens with zero attached hydrogens (tertiary/aromatic N) is 3. The van der Waals surface area contributed by atoms with Gasteiger partial charge in [-0.2, -0.15) is 0 Å². The van der Waals surface area contributed by atoms with Gasteiger partial charge in [-0.3, -0.25) is 4.90 Å². The van der Waals surface area contributed by atoms with Crippen LogP contribution in [0.1, 0.15) is 103 Å². The van der Waals surface area contributed by atoms with Gasteiger partial charge in [0.25, 0.3) is 0 Å². The highest BCUT2D eigenvalue weighted by Gasteiger charge is 2.23. The van der Waals surface area contributed by atoms with Crippen LogP contribution >= 0.6 is 0 Å². The number of hydrogen-bond donors (Lipinski definition) is 1. The summed E-state index contributed by atoms with van der Waals surface area (Å²) < 4.78 is 5.61. The summed E-state index contributed by atoms with van der Waals surface area (Å²) in [5.74, 6) is 1.23. The third-order valence-corrected chi connectivity index (χ3v) is 7.16. The zero-order valence-electron chi connectivity index (χ0n) is 25.9. The van der Waals surface area contributed by atoms with Crippen LogP contribution in [0, 0.1) is 0 Å². The lowest BCUT2D eigenvalue weighted by molar-refractivity contribution is 0.0581. The number of unbranched alkanes of at least 4 members (excludes halogenated alkanes) is 4. The van der Waals surface area contributed by atoms with Gasteiger partial charge in [0.1, 0.15) is 11.4 Å². The Hall–Kier alpha value is -3.25. The molecule has 0 saturated heterocycles. The molecule has 0 fully saturated rings. The number of anilines is 1. The average Bonchev–Trinajstić information content (AvgIpc) is 2.95. The highest BCUT2D eigenvalue weighted by atomic mass is 16.6. The average molecular weight is 559 g/mol. The first-order valence-electron chi connectivity index (χ1n) is 15.4. The van der Waals surface area contributed by atoms with Gasteiger partial charge < -0.3 is 10.5 Å². The van der Waals surface area contributed by atoms with Crippen molar-refractivity contribution < 1.29 is 9.53 Å². The zero-order chi connectivity index (χ0) is 29.7. The van der Waals surface area contributed by atoms with Gasteiger partial charge in [-0.15, -0.1) is 0 Å². The van der Waals surface area contributed by atoms with Crippen molar-refractivity contribution in [1.82, 2.24) is 9.97 Å². The van der Waals surface area contributed by atoms with Crippen molar-refractivity contribution in [3.8, 4) is 11.3 Å². The molecule has 1 heterocycles. The summed E-state index contributed by atoms with van der Waals surface area (Å²) in [6, 6.07) is 20.7. The van der Waals surface area contributed by atoms with Gasteiger partial charge in [0.15, 0.2) is 0 Å². The summed E-state index contributed by atoms with van der Waals surface area (Å²) in [5, 5.41) is 0. The molecule has 1 aromatic heterocycles. The molecular formula is C35H50N4O2. The lowest BCUT2D eigenvalue weighted by Gasteiger charge is -2.27. The molecule has 2 aromatic carbocycles. The van der Waals surface area contributed by atoms with E-state index < -0.39 is 11.7 Å². The smallest absolute Gasteiger partial charge is 0.414 e. The second-order valence-corrected chi connectivity index (χ2v) is 12.0. The molecule has 1 amide bonds. The number of nitrogens with two attached hydrogens (primary N) is 1. The Morgan fingerprint density at radius 2 is 1.63 bits per heavy atom. The Morgan fingerprint density at radius 1 is 0.927 bits per heavy atom.